The van der Waals surface area contributed by atoms with Crippen molar-refractivity contribution >= 4 is 11.5 Å². The van der Waals surface area contributed by atoms with Crippen LogP contribution in [0.4, 0.5) is 5.69 Å². The summed E-state index contributed by atoms with van der Waals surface area (Å²) in [5.74, 6) is 1.17. The zero-order chi connectivity index (χ0) is 14.5. The third kappa shape index (κ3) is 3.22. The summed E-state index contributed by atoms with van der Waals surface area (Å²) in [5.41, 5.74) is 6.87. The fraction of sp³-hybridized carbons (Fsp3) is 0.533. The van der Waals surface area contributed by atoms with Crippen molar-refractivity contribution in [3.8, 4) is 5.75 Å². The smallest absolute Gasteiger partial charge is 0.120 e. The second kappa shape index (κ2) is 6.61. The predicted octanol–water partition coefficient (Wildman–Crippen LogP) is 1.53. The summed E-state index contributed by atoms with van der Waals surface area (Å²) >= 11 is 0. The average Bonchev–Trinajstić information content (AvgIpc) is 2.48. The normalized spacial score (nSPS) is 17.8. The number of nitrogens with zero attached hydrogens (tertiary/aromatic N) is 2. The average molecular weight is 276 g/mol. The Bertz CT molecular complexity index is 455. The van der Waals surface area contributed by atoms with Crippen molar-refractivity contribution in [1.29, 1.82) is 5.41 Å². The van der Waals surface area contributed by atoms with Crippen molar-refractivity contribution in [2.45, 2.75) is 19.4 Å². The summed E-state index contributed by atoms with van der Waals surface area (Å²) in [4.78, 5) is 4.66. The third-order valence-corrected chi connectivity index (χ3v) is 3.92. The van der Waals surface area contributed by atoms with Crippen molar-refractivity contribution in [3.05, 3.63) is 24.3 Å². The van der Waals surface area contributed by atoms with Crippen molar-refractivity contribution < 1.29 is 4.74 Å². The van der Waals surface area contributed by atoms with E-state index in [1.54, 1.807) is 7.11 Å². The van der Waals surface area contributed by atoms with E-state index in [0.29, 0.717) is 0 Å². The molecule has 1 unspecified atom stereocenters. The van der Waals surface area contributed by atoms with Crippen molar-refractivity contribution in [3.63, 3.8) is 0 Å². The molecule has 0 radical (unpaired) electrons. The maximum Gasteiger partial charge on any atom is 0.120 e. The number of amidine groups is 1. The quantitative estimate of drug-likeness (QED) is 0.632. The van der Waals surface area contributed by atoms with Crippen molar-refractivity contribution in [1.82, 2.24) is 4.90 Å². The Kier molecular flexibility index (Phi) is 4.84. The summed E-state index contributed by atoms with van der Waals surface area (Å²) in [6, 6.07) is 8.24. The molecule has 1 saturated heterocycles. The first-order valence-corrected chi connectivity index (χ1v) is 7.12. The predicted molar refractivity (Wildman–Crippen MR) is 82.8 cm³/mol. The molecule has 1 aromatic carbocycles. The lowest BCUT2D eigenvalue weighted by molar-refractivity contribution is 0.222. The number of ether oxygens (including phenoxy) is 1. The van der Waals surface area contributed by atoms with Crippen LogP contribution in [0.2, 0.25) is 0 Å². The van der Waals surface area contributed by atoms with Crippen molar-refractivity contribution in [2.75, 3.05) is 38.2 Å². The lowest BCUT2D eigenvalue weighted by Crippen LogP contribution is -2.53. The van der Waals surface area contributed by atoms with E-state index in [1.807, 2.05) is 12.1 Å². The first-order chi connectivity index (χ1) is 9.65. The Hall–Kier alpha value is -1.75. The van der Waals surface area contributed by atoms with Gasteiger partial charge in [0.05, 0.1) is 13.2 Å². The van der Waals surface area contributed by atoms with E-state index in [-0.39, 0.29) is 11.9 Å². The van der Waals surface area contributed by atoms with Gasteiger partial charge in [0.15, 0.2) is 0 Å². The minimum Gasteiger partial charge on any atom is -0.497 e. The van der Waals surface area contributed by atoms with E-state index in [4.69, 9.17) is 15.9 Å². The molecule has 3 N–H and O–H groups in total. The molecule has 1 heterocycles. The fourth-order valence-corrected chi connectivity index (χ4v) is 2.77. The van der Waals surface area contributed by atoms with Gasteiger partial charge < -0.3 is 15.4 Å². The zero-order valence-corrected chi connectivity index (χ0v) is 12.3. The van der Waals surface area contributed by atoms with Crippen molar-refractivity contribution in [2.24, 2.45) is 5.73 Å². The summed E-state index contributed by atoms with van der Waals surface area (Å²) < 4.78 is 5.27. The van der Waals surface area contributed by atoms with Crippen LogP contribution in [0.1, 0.15) is 13.3 Å². The monoisotopic (exact) mass is 276 g/mol. The van der Waals surface area contributed by atoms with E-state index in [1.165, 1.54) is 5.69 Å². The molecule has 1 fully saturated rings. The van der Waals surface area contributed by atoms with Gasteiger partial charge in [0.1, 0.15) is 11.6 Å². The number of nitrogens with two attached hydrogens (primary N) is 1. The number of hydrogen-bond acceptors (Lipinski definition) is 4. The van der Waals surface area contributed by atoms with Gasteiger partial charge >= 0.3 is 0 Å². The van der Waals surface area contributed by atoms with Crippen LogP contribution < -0.4 is 15.4 Å². The molecular weight excluding hydrogens is 252 g/mol. The van der Waals surface area contributed by atoms with Gasteiger partial charge in [-0.05, 0) is 18.6 Å². The molecule has 0 saturated carbocycles. The number of methoxy groups -OCH3 is 1. The number of piperazine rings is 1. The second-order valence-electron chi connectivity index (χ2n) is 5.10. The lowest BCUT2D eigenvalue weighted by atomic mass is 10.1. The van der Waals surface area contributed by atoms with Crippen LogP contribution in [-0.4, -0.2) is 50.1 Å². The summed E-state index contributed by atoms with van der Waals surface area (Å²) in [6.45, 7) is 5.87. The van der Waals surface area contributed by atoms with Gasteiger partial charge in [0.2, 0.25) is 0 Å². The van der Waals surface area contributed by atoms with E-state index in [2.05, 4.69) is 28.9 Å². The first kappa shape index (κ1) is 14.7. The van der Waals surface area contributed by atoms with Gasteiger partial charge in [0, 0.05) is 37.9 Å². The Morgan fingerprint density at radius 1 is 1.35 bits per heavy atom. The van der Waals surface area contributed by atoms with Crippen LogP contribution in [-0.2, 0) is 0 Å². The van der Waals surface area contributed by atoms with E-state index < -0.39 is 0 Å². The summed E-state index contributed by atoms with van der Waals surface area (Å²) in [6.07, 6.45) is 0.897. The molecule has 0 amide bonds. The minimum atomic E-state index is 0.0856. The van der Waals surface area contributed by atoms with Crippen LogP contribution in [0.5, 0.6) is 5.75 Å². The fourth-order valence-electron chi connectivity index (χ4n) is 2.77. The molecule has 0 bridgehead atoms. The van der Waals surface area contributed by atoms with Crippen LogP contribution in [0.15, 0.2) is 24.3 Å². The molecule has 2 rings (SSSR count). The molecule has 0 spiro atoms. The van der Waals surface area contributed by atoms with Crippen LogP contribution >= 0.6 is 0 Å². The van der Waals surface area contributed by atoms with Gasteiger partial charge in [-0.15, -0.1) is 0 Å². The highest BCUT2D eigenvalue weighted by atomic mass is 16.5. The summed E-state index contributed by atoms with van der Waals surface area (Å²) in [5, 5.41) is 7.66. The Morgan fingerprint density at radius 2 is 2.05 bits per heavy atom. The molecule has 1 aliphatic rings. The first-order valence-electron chi connectivity index (χ1n) is 7.12. The van der Waals surface area contributed by atoms with Gasteiger partial charge in [-0.25, -0.2) is 0 Å². The molecule has 1 aromatic rings. The highest BCUT2D eigenvalue weighted by Gasteiger charge is 2.24. The van der Waals surface area contributed by atoms with Crippen LogP contribution in [0.25, 0.3) is 0 Å². The molecule has 20 heavy (non-hydrogen) atoms. The Labute approximate surface area is 120 Å². The SMILES string of the molecule is CCC(C(=N)N)N1CCN(c2cccc(OC)c2)CC1. The zero-order valence-electron chi connectivity index (χ0n) is 12.3. The maximum atomic E-state index is 7.66. The van der Waals surface area contributed by atoms with Gasteiger partial charge in [-0.2, -0.15) is 0 Å². The van der Waals surface area contributed by atoms with E-state index in [9.17, 15) is 0 Å². The Balaban J connectivity index is 1.98. The molecule has 0 aromatic heterocycles. The number of nitrogens with one attached hydrogen (secondary N) is 1. The highest BCUT2D eigenvalue weighted by Crippen LogP contribution is 2.22. The van der Waals surface area contributed by atoms with Gasteiger partial charge in [0.25, 0.3) is 0 Å². The van der Waals surface area contributed by atoms with Crippen LogP contribution in [0.3, 0.4) is 0 Å². The van der Waals surface area contributed by atoms with Crippen LogP contribution in [0, 0.1) is 5.41 Å². The highest BCUT2D eigenvalue weighted by molar-refractivity contribution is 5.82. The largest absolute Gasteiger partial charge is 0.497 e. The number of benzene rings is 1. The molecule has 1 atom stereocenters. The lowest BCUT2D eigenvalue weighted by Gasteiger charge is -2.39. The van der Waals surface area contributed by atoms with Gasteiger partial charge in [-0.3, -0.25) is 10.3 Å². The second-order valence-corrected chi connectivity index (χ2v) is 5.10. The van der Waals surface area contributed by atoms with Gasteiger partial charge in [-0.1, -0.05) is 13.0 Å². The number of hydrogen-bond donors (Lipinski definition) is 2. The molecule has 5 heteroatoms. The summed E-state index contributed by atoms with van der Waals surface area (Å²) in [7, 11) is 1.69. The molecular formula is C15H24N4O. The van der Waals surface area contributed by atoms with E-state index in [0.717, 1.165) is 38.3 Å². The molecule has 1 aliphatic heterocycles. The molecule has 110 valence electrons. The van der Waals surface area contributed by atoms with E-state index >= 15 is 0 Å². The molecule has 0 aliphatic carbocycles. The maximum absolute atomic E-state index is 7.66. The third-order valence-electron chi connectivity index (χ3n) is 3.92. The molecule has 5 nitrogen and oxygen atoms in total. The number of anilines is 1. The topological polar surface area (TPSA) is 65.6 Å². The minimum absolute atomic E-state index is 0.0856. The Morgan fingerprint density at radius 3 is 2.60 bits per heavy atom. The standard InChI is InChI=1S/C15H24N4O/c1-3-14(15(16)17)19-9-7-18(8-10-19)12-5-4-6-13(11-12)20-2/h4-6,11,14H,3,7-10H2,1-2H3,(H3,16,17). The number of rotatable bonds is 5.